The Morgan fingerprint density at radius 3 is 2.63 bits per heavy atom. The van der Waals surface area contributed by atoms with Crippen molar-refractivity contribution < 1.29 is 9.47 Å². The van der Waals surface area contributed by atoms with E-state index < -0.39 is 0 Å². The topological polar surface area (TPSA) is 46.6 Å². The first-order chi connectivity index (χ1) is 14.8. The molecule has 5 nitrogen and oxygen atoms in total. The van der Waals surface area contributed by atoms with Crippen molar-refractivity contribution in [2.75, 3.05) is 12.0 Å². The summed E-state index contributed by atoms with van der Waals surface area (Å²) < 4.78 is 12.1. The summed E-state index contributed by atoms with van der Waals surface area (Å²) in [6.07, 6.45) is 8.55. The number of ether oxygens (including phenoxy) is 2. The molecule has 2 saturated heterocycles. The van der Waals surface area contributed by atoms with Crippen molar-refractivity contribution in [1.82, 2.24) is 10.3 Å². The molecular weight excluding hydrogens is 374 g/mol. The zero-order valence-corrected chi connectivity index (χ0v) is 17.0. The highest BCUT2D eigenvalue weighted by molar-refractivity contribution is 5.83. The zero-order chi connectivity index (χ0) is 20.1. The maximum Gasteiger partial charge on any atom is 0.192 e. The van der Waals surface area contributed by atoms with Crippen molar-refractivity contribution >= 4 is 11.4 Å². The quantitative estimate of drug-likeness (QED) is 0.649. The van der Waals surface area contributed by atoms with Crippen LogP contribution in [0.2, 0.25) is 0 Å². The first-order valence-corrected chi connectivity index (χ1v) is 10.7. The molecule has 0 aliphatic carbocycles. The van der Waals surface area contributed by atoms with E-state index in [-0.39, 0.29) is 0 Å². The molecule has 4 heterocycles. The Morgan fingerprint density at radius 2 is 1.87 bits per heavy atom. The molecule has 0 radical (unpaired) electrons. The number of benzene rings is 2. The lowest BCUT2D eigenvalue weighted by Crippen LogP contribution is -2.47. The predicted molar refractivity (Wildman–Crippen MR) is 118 cm³/mol. The second-order valence-corrected chi connectivity index (χ2v) is 8.47. The number of hydrogen-bond donors (Lipinski definition) is 1. The summed E-state index contributed by atoms with van der Waals surface area (Å²) in [7, 11) is 1.70. The number of fused-ring (bicyclic) bond motifs is 4. The van der Waals surface area contributed by atoms with Crippen LogP contribution in [0.3, 0.4) is 0 Å². The van der Waals surface area contributed by atoms with Gasteiger partial charge >= 0.3 is 0 Å². The third-order valence-corrected chi connectivity index (χ3v) is 6.68. The molecule has 3 aromatic rings. The lowest BCUT2D eigenvalue weighted by atomic mass is 9.95. The van der Waals surface area contributed by atoms with E-state index in [1.165, 1.54) is 12.8 Å². The van der Waals surface area contributed by atoms with Crippen LogP contribution in [-0.4, -0.2) is 30.2 Å². The first-order valence-electron chi connectivity index (χ1n) is 10.7. The van der Waals surface area contributed by atoms with Crippen molar-refractivity contribution in [2.45, 2.75) is 43.8 Å². The van der Waals surface area contributed by atoms with Crippen molar-refractivity contribution in [3.8, 4) is 28.4 Å². The van der Waals surface area contributed by atoms with Crippen LogP contribution in [-0.2, 0) is 0 Å². The minimum absolute atomic E-state index is 0.446. The van der Waals surface area contributed by atoms with Crippen LogP contribution in [0.1, 0.15) is 25.7 Å². The fourth-order valence-corrected chi connectivity index (χ4v) is 5.34. The molecule has 0 unspecified atom stereocenters. The third kappa shape index (κ3) is 2.84. The number of anilines is 2. The Labute approximate surface area is 176 Å². The minimum atomic E-state index is 0.446. The molecule has 5 heteroatoms. The second kappa shape index (κ2) is 7.03. The average molecular weight is 399 g/mol. The van der Waals surface area contributed by atoms with Crippen LogP contribution in [0, 0.1) is 0 Å². The molecule has 2 aromatic carbocycles. The molecule has 2 bridgehead atoms. The Morgan fingerprint density at radius 1 is 1.00 bits per heavy atom. The van der Waals surface area contributed by atoms with Crippen LogP contribution in [0.25, 0.3) is 11.1 Å². The van der Waals surface area contributed by atoms with Gasteiger partial charge in [0.1, 0.15) is 0 Å². The number of methoxy groups -OCH3 is 1. The van der Waals surface area contributed by atoms with Crippen LogP contribution in [0.15, 0.2) is 60.9 Å². The number of rotatable bonds is 3. The number of piperidine rings is 1. The lowest BCUT2D eigenvalue weighted by molar-refractivity contribution is 0.347. The van der Waals surface area contributed by atoms with Crippen molar-refractivity contribution in [3.63, 3.8) is 0 Å². The van der Waals surface area contributed by atoms with Gasteiger partial charge in [-0.2, -0.15) is 0 Å². The molecule has 0 spiro atoms. The lowest BCUT2D eigenvalue weighted by Gasteiger charge is -2.42. The van der Waals surface area contributed by atoms with Crippen molar-refractivity contribution in [1.29, 1.82) is 0 Å². The molecule has 30 heavy (non-hydrogen) atoms. The summed E-state index contributed by atoms with van der Waals surface area (Å²) in [4.78, 5) is 6.77. The van der Waals surface area contributed by atoms with Crippen LogP contribution >= 0.6 is 0 Å². The number of hydrogen-bond acceptors (Lipinski definition) is 5. The highest BCUT2D eigenvalue weighted by atomic mass is 16.5. The Kier molecular flexibility index (Phi) is 4.16. The number of aromatic nitrogens is 1. The van der Waals surface area contributed by atoms with E-state index in [1.54, 1.807) is 13.3 Å². The molecule has 3 atom stereocenters. The number of para-hydroxylation sites is 1. The highest BCUT2D eigenvalue weighted by Crippen LogP contribution is 2.53. The van der Waals surface area contributed by atoms with Gasteiger partial charge in [-0.15, -0.1) is 0 Å². The van der Waals surface area contributed by atoms with Gasteiger partial charge in [0.15, 0.2) is 17.2 Å². The number of pyridine rings is 1. The van der Waals surface area contributed by atoms with Crippen molar-refractivity contribution in [3.05, 3.63) is 60.9 Å². The van der Waals surface area contributed by atoms with Gasteiger partial charge in [-0.25, -0.2) is 0 Å². The Hall–Kier alpha value is -3.05. The summed E-state index contributed by atoms with van der Waals surface area (Å²) in [5, 5.41) is 3.77. The fraction of sp³-hybridized carbons (Fsp3) is 0.320. The van der Waals surface area contributed by atoms with E-state index in [0.29, 0.717) is 18.1 Å². The molecule has 0 amide bonds. The van der Waals surface area contributed by atoms with E-state index in [2.05, 4.69) is 51.6 Å². The maximum absolute atomic E-state index is 6.45. The SMILES string of the molecule is COc1cccc2c1Oc1cc(-c3cccnc3)ccc1N2[C@H]1C[C@H]2CC[C@@H](C1)N2. The normalized spacial score (nSPS) is 24.0. The summed E-state index contributed by atoms with van der Waals surface area (Å²) in [6.45, 7) is 0. The molecule has 3 aliphatic heterocycles. The summed E-state index contributed by atoms with van der Waals surface area (Å²) >= 11 is 0. The van der Waals surface area contributed by atoms with E-state index in [1.807, 2.05) is 18.3 Å². The van der Waals surface area contributed by atoms with Crippen LogP contribution in [0.4, 0.5) is 11.4 Å². The fourth-order valence-electron chi connectivity index (χ4n) is 5.34. The largest absolute Gasteiger partial charge is 0.493 e. The smallest absolute Gasteiger partial charge is 0.192 e. The average Bonchev–Trinajstić information content (AvgIpc) is 3.14. The monoisotopic (exact) mass is 399 g/mol. The van der Waals surface area contributed by atoms with Crippen LogP contribution in [0.5, 0.6) is 17.2 Å². The maximum atomic E-state index is 6.45. The third-order valence-electron chi connectivity index (χ3n) is 6.68. The Bertz CT molecular complexity index is 1070. The number of nitrogens with zero attached hydrogens (tertiary/aromatic N) is 2. The van der Waals surface area contributed by atoms with Crippen LogP contribution < -0.4 is 19.7 Å². The van der Waals surface area contributed by atoms with Gasteiger partial charge < -0.3 is 19.7 Å². The molecule has 0 saturated carbocycles. The van der Waals surface area contributed by atoms with Gasteiger partial charge in [-0.05, 0) is 61.6 Å². The molecule has 6 rings (SSSR count). The van der Waals surface area contributed by atoms with Crippen molar-refractivity contribution in [2.24, 2.45) is 0 Å². The predicted octanol–water partition coefficient (Wildman–Crippen LogP) is 5.28. The summed E-state index contributed by atoms with van der Waals surface area (Å²) in [5.41, 5.74) is 4.42. The van der Waals surface area contributed by atoms with Gasteiger partial charge in [-0.1, -0.05) is 18.2 Å². The molecular formula is C25H25N3O2. The second-order valence-electron chi connectivity index (χ2n) is 8.47. The molecule has 2 fully saturated rings. The van der Waals surface area contributed by atoms with Gasteiger partial charge in [-0.3, -0.25) is 4.98 Å². The van der Waals surface area contributed by atoms with E-state index in [4.69, 9.17) is 9.47 Å². The molecule has 152 valence electrons. The summed E-state index contributed by atoms with van der Waals surface area (Å²) in [5.74, 6) is 2.45. The van der Waals surface area contributed by atoms with E-state index in [9.17, 15) is 0 Å². The standard InChI is InChI=1S/C25H25N3O2/c1-29-23-6-2-5-22-25(23)30-24-12-16(17-4-3-11-26-15-17)7-10-21(24)28(22)20-13-18-8-9-19(14-20)27-18/h2-7,10-12,15,18-20,27H,8-9,13-14H2,1H3/t18-,19+,20+. The molecule has 1 aromatic heterocycles. The first kappa shape index (κ1) is 17.8. The van der Waals surface area contributed by atoms with Gasteiger partial charge in [0.2, 0.25) is 0 Å². The zero-order valence-electron chi connectivity index (χ0n) is 17.0. The molecule has 1 N–H and O–H groups in total. The van der Waals surface area contributed by atoms with E-state index in [0.717, 1.165) is 52.6 Å². The minimum Gasteiger partial charge on any atom is -0.493 e. The van der Waals surface area contributed by atoms with Gasteiger partial charge in [0.25, 0.3) is 0 Å². The van der Waals surface area contributed by atoms with Gasteiger partial charge in [0.05, 0.1) is 18.5 Å². The summed E-state index contributed by atoms with van der Waals surface area (Å²) in [6, 6.07) is 18.4. The molecule has 3 aliphatic rings. The highest BCUT2D eigenvalue weighted by Gasteiger charge is 2.40. The Balaban J connectivity index is 1.48. The number of nitrogens with one attached hydrogen (secondary N) is 1. The van der Waals surface area contributed by atoms with Gasteiger partial charge in [0, 0.05) is 36.1 Å². The van der Waals surface area contributed by atoms with E-state index >= 15 is 0 Å².